The lowest BCUT2D eigenvalue weighted by molar-refractivity contribution is -0.125. The molecule has 0 aromatic heterocycles. The van der Waals surface area contributed by atoms with Crippen molar-refractivity contribution in [1.82, 2.24) is 10.2 Å². The fourth-order valence-corrected chi connectivity index (χ4v) is 4.52. The lowest BCUT2D eigenvalue weighted by Gasteiger charge is -2.31. The van der Waals surface area contributed by atoms with Crippen LogP contribution in [-0.2, 0) is 4.79 Å². The average molecular weight is 381 g/mol. The molecule has 0 radical (unpaired) electrons. The Morgan fingerprint density at radius 2 is 1.88 bits per heavy atom. The molecule has 0 aliphatic carbocycles. The Bertz CT molecular complexity index is 650. The first-order chi connectivity index (χ1) is 12.2. The summed E-state index contributed by atoms with van der Waals surface area (Å²) in [6.07, 6.45) is 0.772. The Hall–Kier alpha value is -1.56. The van der Waals surface area contributed by atoms with Crippen LogP contribution in [0.15, 0.2) is 24.3 Å². The predicted molar refractivity (Wildman–Crippen MR) is 105 cm³/mol. The maximum absolute atomic E-state index is 14.2. The van der Waals surface area contributed by atoms with Crippen molar-refractivity contribution in [3.8, 4) is 0 Å². The van der Waals surface area contributed by atoms with Crippen molar-refractivity contribution >= 4 is 23.6 Å². The first kappa shape index (κ1) is 20.7. The lowest BCUT2D eigenvalue weighted by atomic mass is 10.0. The number of amides is 2. The Morgan fingerprint density at radius 3 is 2.46 bits per heavy atom. The van der Waals surface area contributed by atoms with E-state index in [4.69, 9.17) is 0 Å². The molecule has 2 rings (SSSR count). The third-order valence-electron chi connectivity index (χ3n) is 4.78. The molecule has 1 aliphatic heterocycles. The number of carbonyl (C=O) groups excluding carboxylic acids is 2. The molecule has 2 amide bonds. The number of nitrogens with zero attached hydrogens (tertiary/aromatic N) is 1. The molecule has 1 fully saturated rings. The van der Waals surface area contributed by atoms with Crippen molar-refractivity contribution in [3.05, 3.63) is 35.6 Å². The molecule has 3 atom stereocenters. The third kappa shape index (κ3) is 4.78. The van der Waals surface area contributed by atoms with Gasteiger partial charge in [-0.1, -0.05) is 39.8 Å². The third-order valence-corrected chi connectivity index (χ3v) is 6.09. The number of carbonyl (C=O) groups is 2. The van der Waals surface area contributed by atoms with E-state index in [-0.39, 0.29) is 22.9 Å². The summed E-state index contributed by atoms with van der Waals surface area (Å²) >= 11 is 1.60. The molecule has 6 heteroatoms. The van der Waals surface area contributed by atoms with E-state index in [0.717, 1.165) is 6.42 Å². The predicted octanol–water partition coefficient (Wildman–Crippen LogP) is 3.92. The standard InChI is InChI=1S/C20H29FN2O2S/c1-12(2)10-18-23(20(25)15-8-6-7-9-16(15)21)17(11-26-18)19(24)22-14(5)13(3)4/h6-9,12-14,17-18H,10-11H2,1-5H3,(H,22,24). The first-order valence-electron chi connectivity index (χ1n) is 9.21. The van der Waals surface area contributed by atoms with Crippen LogP contribution in [0.5, 0.6) is 0 Å². The molecule has 1 saturated heterocycles. The van der Waals surface area contributed by atoms with Crippen molar-refractivity contribution in [2.45, 2.75) is 58.5 Å². The monoisotopic (exact) mass is 380 g/mol. The lowest BCUT2D eigenvalue weighted by Crippen LogP contribution is -2.52. The van der Waals surface area contributed by atoms with E-state index >= 15 is 0 Å². The zero-order valence-corrected chi connectivity index (χ0v) is 17.0. The molecular weight excluding hydrogens is 351 g/mol. The Balaban J connectivity index is 2.28. The van der Waals surface area contributed by atoms with E-state index < -0.39 is 17.8 Å². The highest BCUT2D eigenvalue weighted by Gasteiger charge is 2.42. The molecule has 1 aromatic carbocycles. The molecule has 0 saturated carbocycles. The van der Waals surface area contributed by atoms with Gasteiger partial charge in [0.25, 0.3) is 5.91 Å². The number of hydrogen-bond acceptors (Lipinski definition) is 3. The summed E-state index contributed by atoms with van der Waals surface area (Å²) in [7, 11) is 0. The van der Waals surface area contributed by atoms with Crippen molar-refractivity contribution in [2.75, 3.05) is 5.75 Å². The highest BCUT2D eigenvalue weighted by molar-refractivity contribution is 8.00. The van der Waals surface area contributed by atoms with Gasteiger partial charge in [0.05, 0.1) is 10.9 Å². The molecule has 26 heavy (non-hydrogen) atoms. The van der Waals surface area contributed by atoms with Crippen molar-refractivity contribution < 1.29 is 14.0 Å². The van der Waals surface area contributed by atoms with Gasteiger partial charge in [-0.2, -0.15) is 0 Å². The fourth-order valence-electron chi connectivity index (χ4n) is 2.88. The number of benzene rings is 1. The van der Waals surface area contributed by atoms with Crippen LogP contribution in [-0.4, -0.2) is 39.9 Å². The van der Waals surface area contributed by atoms with E-state index in [9.17, 15) is 14.0 Å². The van der Waals surface area contributed by atoms with Crippen LogP contribution >= 0.6 is 11.8 Å². The topological polar surface area (TPSA) is 49.4 Å². The smallest absolute Gasteiger partial charge is 0.258 e. The van der Waals surface area contributed by atoms with Crippen LogP contribution < -0.4 is 5.32 Å². The summed E-state index contributed by atoms with van der Waals surface area (Å²) in [6.45, 7) is 10.2. The molecule has 0 bridgehead atoms. The second-order valence-corrected chi connectivity index (χ2v) is 8.88. The van der Waals surface area contributed by atoms with Gasteiger partial charge in [0.15, 0.2) is 0 Å². The Kier molecular flexibility index (Phi) is 7.09. The van der Waals surface area contributed by atoms with Crippen LogP contribution in [0.2, 0.25) is 0 Å². The molecular formula is C20H29FN2O2S. The summed E-state index contributed by atoms with van der Waals surface area (Å²) in [4.78, 5) is 27.5. The van der Waals surface area contributed by atoms with Gasteiger partial charge in [-0.15, -0.1) is 11.8 Å². The summed E-state index contributed by atoms with van der Waals surface area (Å²) in [5, 5.41) is 2.89. The molecule has 4 nitrogen and oxygen atoms in total. The van der Waals surface area contributed by atoms with Crippen LogP contribution in [0.25, 0.3) is 0 Å². The zero-order valence-electron chi connectivity index (χ0n) is 16.2. The molecule has 3 unspecified atom stereocenters. The van der Waals surface area contributed by atoms with Crippen molar-refractivity contribution in [2.24, 2.45) is 11.8 Å². The van der Waals surface area contributed by atoms with Crippen LogP contribution in [0, 0.1) is 17.7 Å². The quantitative estimate of drug-likeness (QED) is 0.814. The van der Waals surface area contributed by atoms with E-state index in [1.807, 2.05) is 20.8 Å². The van der Waals surface area contributed by atoms with E-state index in [2.05, 4.69) is 19.2 Å². The highest BCUT2D eigenvalue weighted by atomic mass is 32.2. The minimum atomic E-state index is -0.572. The number of nitrogens with one attached hydrogen (secondary N) is 1. The maximum atomic E-state index is 14.2. The van der Waals surface area contributed by atoms with Gasteiger partial charge >= 0.3 is 0 Å². The van der Waals surface area contributed by atoms with Gasteiger partial charge in [0.1, 0.15) is 11.9 Å². The van der Waals surface area contributed by atoms with E-state index in [1.54, 1.807) is 28.8 Å². The highest BCUT2D eigenvalue weighted by Crippen LogP contribution is 2.35. The van der Waals surface area contributed by atoms with Gasteiger partial charge in [-0.3, -0.25) is 9.59 Å². The van der Waals surface area contributed by atoms with Crippen LogP contribution in [0.3, 0.4) is 0 Å². The molecule has 1 aromatic rings. The second-order valence-electron chi connectivity index (χ2n) is 7.67. The first-order valence-corrected chi connectivity index (χ1v) is 10.3. The van der Waals surface area contributed by atoms with Crippen molar-refractivity contribution in [3.63, 3.8) is 0 Å². The van der Waals surface area contributed by atoms with Crippen LogP contribution in [0.1, 0.15) is 51.4 Å². The van der Waals surface area contributed by atoms with Gasteiger partial charge in [-0.05, 0) is 37.3 Å². The van der Waals surface area contributed by atoms with Gasteiger partial charge < -0.3 is 10.2 Å². The molecule has 1 N–H and O–H groups in total. The van der Waals surface area contributed by atoms with Gasteiger partial charge in [0, 0.05) is 11.8 Å². The minimum absolute atomic E-state index is 0.0158. The summed E-state index contributed by atoms with van der Waals surface area (Å²) in [6, 6.07) is 5.42. The summed E-state index contributed by atoms with van der Waals surface area (Å²) in [5.74, 6) is 0.0990. The SMILES string of the molecule is CC(C)CC1SCC(C(=O)NC(C)C(C)C)N1C(=O)c1ccccc1F. The van der Waals surface area contributed by atoms with Crippen LogP contribution in [0.4, 0.5) is 4.39 Å². The Labute approximate surface area is 159 Å². The summed E-state index contributed by atoms with van der Waals surface area (Å²) in [5.41, 5.74) is 0.0264. The van der Waals surface area contributed by atoms with Crippen molar-refractivity contribution in [1.29, 1.82) is 0 Å². The number of rotatable bonds is 6. The van der Waals surface area contributed by atoms with Gasteiger partial charge in [0.2, 0.25) is 5.91 Å². The van der Waals surface area contributed by atoms with E-state index in [0.29, 0.717) is 17.6 Å². The maximum Gasteiger partial charge on any atom is 0.258 e. The minimum Gasteiger partial charge on any atom is -0.352 e. The number of hydrogen-bond donors (Lipinski definition) is 1. The molecule has 1 heterocycles. The number of halogens is 1. The summed E-state index contributed by atoms with van der Waals surface area (Å²) < 4.78 is 14.2. The second kappa shape index (κ2) is 8.89. The fraction of sp³-hybridized carbons (Fsp3) is 0.600. The molecule has 1 aliphatic rings. The number of thioether (sulfide) groups is 1. The largest absolute Gasteiger partial charge is 0.352 e. The zero-order chi connectivity index (χ0) is 19.4. The normalized spacial score (nSPS) is 21.3. The van der Waals surface area contributed by atoms with Gasteiger partial charge in [-0.25, -0.2) is 4.39 Å². The molecule has 0 spiro atoms. The average Bonchev–Trinajstić information content (AvgIpc) is 2.97. The molecule has 144 valence electrons. The van der Waals surface area contributed by atoms with E-state index in [1.165, 1.54) is 12.1 Å². The Morgan fingerprint density at radius 1 is 1.23 bits per heavy atom.